The lowest BCUT2D eigenvalue weighted by Crippen LogP contribution is -2.40. The van der Waals surface area contributed by atoms with Gasteiger partial charge in [0.2, 0.25) is 5.95 Å². The third kappa shape index (κ3) is 7.11. The molecule has 0 amide bonds. The van der Waals surface area contributed by atoms with Gasteiger partial charge in [-0.1, -0.05) is 33.1 Å². The molecule has 10 heteroatoms. The van der Waals surface area contributed by atoms with Crippen molar-refractivity contribution in [3.63, 3.8) is 0 Å². The number of nitrogens with one attached hydrogen (secondary N) is 1. The van der Waals surface area contributed by atoms with E-state index < -0.39 is 17.5 Å². The normalized spacial score (nSPS) is 16.3. The van der Waals surface area contributed by atoms with Crippen molar-refractivity contribution in [2.45, 2.75) is 70.4 Å². The van der Waals surface area contributed by atoms with Crippen LogP contribution in [0.15, 0.2) is 29.6 Å². The second-order valence-corrected chi connectivity index (χ2v) is 8.31. The molecule has 2 aromatic heterocycles. The van der Waals surface area contributed by atoms with Gasteiger partial charge >= 0.3 is 6.55 Å². The van der Waals surface area contributed by atoms with E-state index in [4.69, 9.17) is 0 Å². The van der Waals surface area contributed by atoms with Gasteiger partial charge in [0.05, 0.1) is 10.6 Å². The Balaban J connectivity index is 0.000000537. The first-order chi connectivity index (χ1) is 14.0. The molecule has 0 spiro atoms. The molecule has 162 valence electrons. The van der Waals surface area contributed by atoms with Crippen LogP contribution in [0.4, 0.5) is 14.7 Å². The molecule has 1 fully saturated rings. The van der Waals surface area contributed by atoms with E-state index in [2.05, 4.69) is 34.2 Å². The highest BCUT2D eigenvalue weighted by Gasteiger charge is 2.26. The average molecular weight is 429 g/mol. The minimum atomic E-state index is -2.73. The Labute approximate surface area is 173 Å². The van der Waals surface area contributed by atoms with E-state index in [0.29, 0.717) is 34.3 Å². The lowest BCUT2D eigenvalue weighted by Gasteiger charge is -2.31. The molecule has 29 heavy (non-hydrogen) atoms. The topological polar surface area (TPSA) is 75.9 Å². The first-order valence-electron chi connectivity index (χ1n) is 10.0. The summed E-state index contributed by atoms with van der Waals surface area (Å²) >= 11 is 0. The summed E-state index contributed by atoms with van der Waals surface area (Å²) in [6.45, 7) is 4.47. The zero-order valence-corrected chi connectivity index (χ0v) is 18.0. The molecule has 3 rings (SSSR count). The highest BCUT2D eigenvalue weighted by Crippen LogP contribution is 2.22. The van der Waals surface area contributed by atoms with Gasteiger partial charge in [-0.25, -0.2) is 23.2 Å². The molecule has 1 aliphatic rings. The van der Waals surface area contributed by atoms with Gasteiger partial charge in [-0.05, 0) is 25.8 Å². The molecular formula is C19H30F2N6OS. The first-order valence-corrected chi connectivity index (χ1v) is 11.1. The summed E-state index contributed by atoms with van der Waals surface area (Å²) in [6, 6.07) is 1.95. The van der Waals surface area contributed by atoms with Crippen LogP contribution >= 0.6 is 0 Å². The van der Waals surface area contributed by atoms with Gasteiger partial charge in [0.15, 0.2) is 0 Å². The molecule has 0 aliphatic carbocycles. The van der Waals surface area contributed by atoms with E-state index in [1.165, 1.54) is 19.3 Å². The molecule has 1 aliphatic heterocycles. The zero-order valence-electron chi connectivity index (χ0n) is 17.2. The van der Waals surface area contributed by atoms with Crippen molar-refractivity contribution in [1.29, 1.82) is 0 Å². The highest BCUT2D eigenvalue weighted by atomic mass is 32.2. The van der Waals surface area contributed by atoms with E-state index in [9.17, 15) is 13.0 Å². The van der Waals surface area contributed by atoms with E-state index in [0.717, 1.165) is 19.0 Å². The Morgan fingerprint density at radius 1 is 1.21 bits per heavy atom. The second kappa shape index (κ2) is 11.9. The zero-order chi connectivity index (χ0) is 21.2. The van der Waals surface area contributed by atoms with Crippen LogP contribution in [0.25, 0.3) is 0 Å². The third-order valence-corrected chi connectivity index (χ3v) is 6.17. The molecule has 0 radical (unpaired) electrons. The first kappa shape index (κ1) is 23.3. The Morgan fingerprint density at radius 2 is 1.83 bits per heavy atom. The van der Waals surface area contributed by atoms with Crippen molar-refractivity contribution >= 4 is 16.9 Å². The minimum absolute atomic E-state index is 0.200. The van der Waals surface area contributed by atoms with E-state index in [1.54, 1.807) is 29.7 Å². The highest BCUT2D eigenvalue weighted by molar-refractivity contribution is 7.82. The largest absolute Gasteiger partial charge is 0.351 e. The maximum atomic E-state index is 12.7. The van der Waals surface area contributed by atoms with Crippen LogP contribution in [0.5, 0.6) is 0 Å². The van der Waals surface area contributed by atoms with E-state index >= 15 is 0 Å². The molecule has 7 nitrogen and oxygen atoms in total. The summed E-state index contributed by atoms with van der Waals surface area (Å²) in [6.07, 6.45) is 10.1. The quantitative estimate of drug-likeness (QED) is 0.716. The number of aromatic nitrogens is 4. The fourth-order valence-corrected chi connectivity index (χ4v) is 4.26. The maximum Gasteiger partial charge on any atom is 0.333 e. The number of hydrogen-bond acceptors (Lipinski definition) is 5. The standard InChI is InChI=1S/C14H18F2N6OS.C5H12/c1-10-12(9-22(20-10)13(15)16)24(23)21-7-3-11(4-8-21)19-14-17-5-2-6-18-14;1-3-5-4-2/h2,5-6,9,11,13H,3-4,7-8H2,1H3,(H,17,18,19);3-5H2,1-2H3. The van der Waals surface area contributed by atoms with Crippen LogP contribution in [0, 0.1) is 6.92 Å². The molecular weight excluding hydrogens is 398 g/mol. The van der Waals surface area contributed by atoms with Crippen LogP contribution in [0.3, 0.4) is 0 Å². The van der Waals surface area contributed by atoms with Gasteiger partial charge in [-0.2, -0.15) is 13.9 Å². The number of nitrogens with zero attached hydrogens (tertiary/aromatic N) is 5. The van der Waals surface area contributed by atoms with Crippen LogP contribution in [-0.4, -0.2) is 47.4 Å². The Kier molecular flexibility index (Phi) is 9.59. The number of hydrogen-bond donors (Lipinski definition) is 1. The fourth-order valence-electron chi connectivity index (χ4n) is 2.95. The van der Waals surface area contributed by atoms with Crippen molar-refractivity contribution in [3.8, 4) is 0 Å². The van der Waals surface area contributed by atoms with Gasteiger partial charge in [-0.3, -0.25) is 0 Å². The van der Waals surface area contributed by atoms with Crippen LogP contribution in [0.1, 0.15) is 58.2 Å². The molecule has 0 bridgehead atoms. The number of halogens is 2. The number of piperidine rings is 1. The fraction of sp³-hybridized carbons (Fsp3) is 0.632. The number of anilines is 1. The van der Waals surface area contributed by atoms with E-state index in [-0.39, 0.29) is 6.04 Å². The minimum Gasteiger partial charge on any atom is -0.351 e. The van der Waals surface area contributed by atoms with E-state index in [1.807, 2.05) is 0 Å². The van der Waals surface area contributed by atoms with Crippen LogP contribution in [-0.2, 0) is 11.0 Å². The summed E-state index contributed by atoms with van der Waals surface area (Å²) in [5.74, 6) is 0.575. The van der Waals surface area contributed by atoms with Crippen LogP contribution < -0.4 is 5.32 Å². The summed E-state index contributed by atoms with van der Waals surface area (Å²) in [5.41, 5.74) is 0.367. The van der Waals surface area contributed by atoms with Gasteiger partial charge in [0, 0.05) is 37.7 Å². The SMILES string of the molecule is CCCCC.Cc1nn(C(F)F)cc1S(=O)N1CCC(Nc2ncccn2)CC1. The van der Waals surface area contributed by atoms with Crippen LogP contribution in [0.2, 0.25) is 0 Å². The molecule has 1 atom stereocenters. The van der Waals surface area contributed by atoms with Crippen molar-refractivity contribution in [2.24, 2.45) is 0 Å². The molecule has 1 saturated heterocycles. The predicted molar refractivity (Wildman–Crippen MR) is 110 cm³/mol. The lowest BCUT2D eigenvalue weighted by molar-refractivity contribution is 0.0561. The van der Waals surface area contributed by atoms with Crippen molar-refractivity contribution in [3.05, 3.63) is 30.4 Å². The molecule has 2 aromatic rings. The van der Waals surface area contributed by atoms with Crippen molar-refractivity contribution in [2.75, 3.05) is 18.4 Å². The second-order valence-electron chi connectivity index (χ2n) is 6.86. The Morgan fingerprint density at radius 3 is 2.31 bits per heavy atom. The maximum absolute atomic E-state index is 12.7. The number of rotatable bonds is 7. The number of unbranched alkanes of at least 4 members (excludes halogenated alkanes) is 2. The van der Waals surface area contributed by atoms with Crippen molar-refractivity contribution in [1.82, 2.24) is 24.1 Å². The molecule has 3 heterocycles. The summed E-state index contributed by atoms with van der Waals surface area (Å²) < 4.78 is 40.3. The molecule has 1 unspecified atom stereocenters. The average Bonchev–Trinajstić information content (AvgIpc) is 3.12. The summed E-state index contributed by atoms with van der Waals surface area (Å²) in [5, 5.41) is 6.96. The molecule has 0 saturated carbocycles. The summed E-state index contributed by atoms with van der Waals surface area (Å²) in [4.78, 5) is 8.60. The number of alkyl halides is 2. The Hall–Kier alpha value is -1.94. The predicted octanol–water partition coefficient (Wildman–Crippen LogP) is 4.17. The number of aryl methyl sites for hydroxylation is 1. The summed E-state index contributed by atoms with van der Waals surface area (Å²) in [7, 11) is -1.48. The van der Waals surface area contributed by atoms with Crippen molar-refractivity contribution < 1.29 is 13.0 Å². The van der Waals surface area contributed by atoms with Gasteiger partial charge in [0.1, 0.15) is 11.0 Å². The molecule has 1 N–H and O–H groups in total. The monoisotopic (exact) mass is 428 g/mol. The van der Waals surface area contributed by atoms with Gasteiger partial charge in [-0.15, -0.1) is 0 Å². The third-order valence-electron chi connectivity index (χ3n) is 4.55. The molecule has 0 aromatic carbocycles. The lowest BCUT2D eigenvalue weighted by atomic mass is 10.1. The van der Waals surface area contributed by atoms with Gasteiger partial charge in [0.25, 0.3) is 0 Å². The van der Waals surface area contributed by atoms with Gasteiger partial charge < -0.3 is 5.32 Å². The Bertz CT molecular complexity index is 748. The smallest absolute Gasteiger partial charge is 0.333 e.